The SMILES string of the molecule is CC(C)CN1C(=O)C(=O)N(CCS(=O)(=O)c2ccccc2)C1=O. The van der Waals surface area contributed by atoms with E-state index in [0.717, 1.165) is 4.90 Å². The van der Waals surface area contributed by atoms with E-state index in [1.165, 1.54) is 12.1 Å². The van der Waals surface area contributed by atoms with Crippen LogP contribution in [0.15, 0.2) is 35.2 Å². The summed E-state index contributed by atoms with van der Waals surface area (Å²) in [5, 5.41) is 0. The number of rotatable bonds is 6. The lowest BCUT2D eigenvalue weighted by molar-refractivity contribution is -0.143. The maximum absolute atomic E-state index is 12.2. The summed E-state index contributed by atoms with van der Waals surface area (Å²) in [5.41, 5.74) is 0. The first-order valence-electron chi connectivity index (χ1n) is 7.19. The van der Waals surface area contributed by atoms with Crippen LogP contribution in [0.3, 0.4) is 0 Å². The van der Waals surface area contributed by atoms with E-state index in [4.69, 9.17) is 0 Å². The Labute approximate surface area is 134 Å². The van der Waals surface area contributed by atoms with Crippen molar-refractivity contribution < 1.29 is 22.8 Å². The van der Waals surface area contributed by atoms with Crippen LogP contribution in [-0.2, 0) is 19.4 Å². The van der Waals surface area contributed by atoms with E-state index in [-0.39, 0.29) is 23.9 Å². The second-order valence-corrected chi connectivity index (χ2v) is 7.79. The molecule has 4 amide bonds. The van der Waals surface area contributed by atoms with Crippen LogP contribution in [0.4, 0.5) is 4.79 Å². The molecule has 0 unspecified atom stereocenters. The fraction of sp³-hybridized carbons (Fsp3) is 0.400. The van der Waals surface area contributed by atoms with Gasteiger partial charge in [-0.1, -0.05) is 32.0 Å². The van der Waals surface area contributed by atoms with Crippen LogP contribution >= 0.6 is 0 Å². The van der Waals surface area contributed by atoms with E-state index in [9.17, 15) is 22.8 Å². The third kappa shape index (κ3) is 3.58. The fourth-order valence-electron chi connectivity index (χ4n) is 2.23. The molecule has 0 bridgehead atoms. The van der Waals surface area contributed by atoms with Crippen LogP contribution in [0.25, 0.3) is 0 Å². The predicted octanol–water partition coefficient (Wildman–Crippen LogP) is 0.907. The number of nitrogens with zero attached hydrogens (tertiary/aromatic N) is 2. The molecule has 2 rings (SSSR count). The Hall–Kier alpha value is -2.22. The number of benzene rings is 1. The highest BCUT2D eigenvalue weighted by atomic mass is 32.2. The van der Waals surface area contributed by atoms with Crippen LogP contribution in [0.2, 0.25) is 0 Å². The van der Waals surface area contributed by atoms with Gasteiger partial charge in [-0.25, -0.2) is 13.2 Å². The molecule has 0 spiro atoms. The minimum atomic E-state index is -3.63. The summed E-state index contributed by atoms with van der Waals surface area (Å²) in [6.07, 6.45) is 0. The fourth-order valence-corrected chi connectivity index (χ4v) is 3.46. The Morgan fingerprint density at radius 1 is 0.957 bits per heavy atom. The van der Waals surface area contributed by atoms with E-state index in [1.807, 2.05) is 13.8 Å². The number of urea groups is 1. The standard InChI is InChI=1S/C15H18N2O5S/c1-11(2)10-17-14(19)13(18)16(15(17)20)8-9-23(21,22)12-6-4-3-5-7-12/h3-7,11H,8-10H2,1-2H3. The van der Waals surface area contributed by atoms with Gasteiger partial charge in [-0.05, 0) is 18.1 Å². The molecule has 0 saturated carbocycles. The molecule has 0 atom stereocenters. The molecule has 1 aliphatic rings. The molecule has 7 nitrogen and oxygen atoms in total. The van der Waals surface area contributed by atoms with Gasteiger partial charge in [0.25, 0.3) is 0 Å². The molecule has 23 heavy (non-hydrogen) atoms. The summed E-state index contributed by atoms with van der Waals surface area (Å²) in [6.45, 7) is 3.42. The van der Waals surface area contributed by atoms with Crippen molar-refractivity contribution in [1.29, 1.82) is 0 Å². The first-order chi connectivity index (χ1) is 10.7. The quantitative estimate of drug-likeness (QED) is 0.568. The summed E-state index contributed by atoms with van der Waals surface area (Å²) < 4.78 is 24.4. The van der Waals surface area contributed by atoms with Gasteiger partial charge in [0, 0.05) is 13.1 Å². The third-order valence-electron chi connectivity index (χ3n) is 3.37. The first-order valence-corrected chi connectivity index (χ1v) is 8.84. The van der Waals surface area contributed by atoms with Gasteiger partial charge in [0.1, 0.15) is 0 Å². The molecule has 1 aromatic rings. The summed E-state index contributed by atoms with van der Waals surface area (Å²) in [7, 11) is -3.63. The molecule has 1 aromatic carbocycles. The van der Waals surface area contributed by atoms with Gasteiger partial charge >= 0.3 is 17.8 Å². The molecule has 8 heteroatoms. The van der Waals surface area contributed by atoms with Crippen molar-refractivity contribution in [2.45, 2.75) is 18.7 Å². The van der Waals surface area contributed by atoms with Crippen molar-refractivity contribution in [3.05, 3.63) is 30.3 Å². The van der Waals surface area contributed by atoms with Crippen molar-refractivity contribution >= 4 is 27.7 Å². The van der Waals surface area contributed by atoms with Gasteiger partial charge in [0.2, 0.25) is 0 Å². The Kier molecular flexibility index (Phi) is 4.84. The normalized spacial score (nSPS) is 15.9. The number of hydrogen-bond donors (Lipinski definition) is 0. The monoisotopic (exact) mass is 338 g/mol. The Morgan fingerprint density at radius 2 is 1.52 bits per heavy atom. The molecule has 0 radical (unpaired) electrons. The van der Waals surface area contributed by atoms with Crippen LogP contribution in [0.5, 0.6) is 0 Å². The Balaban J connectivity index is 2.10. The van der Waals surface area contributed by atoms with Crippen LogP contribution in [-0.4, -0.2) is 54.9 Å². The van der Waals surface area contributed by atoms with Crippen molar-refractivity contribution in [3.8, 4) is 0 Å². The molecule has 1 fully saturated rings. The Bertz CT molecular complexity index is 727. The average Bonchev–Trinajstić information content (AvgIpc) is 2.70. The van der Waals surface area contributed by atoms with Crippen LogP contribution in [0.1, 0.15) is 13.8 Å². The van der Waals surface area contributed by atoms with Gasteiger partial charge in [-0.15, -0.1) is 0 Å². The van der Waals surface area contributed by atoms with E-state index in [2.05, 4.69) is 0 Å². The Morgan fingerprint density at radius 3 is 2.09 bits per heavy atom. The maximum Gasteiger partial charge on any atom is 0.334 e. The zero-order chi connectivity index (χ0) is 17.2. The number of amides is 4. The molecule has 124 valence electrons. The van der Waals surface area contributed by atoms with Crippen LogP contribution in [0, 0.1) is 5.92 Å². The number of carbonyl (C=O) groups is 3. The lowest BCUT2D eigenvalue weighted by atomic mass is 10.2. The predicted molar refractivity (Wildman–Crippen MR) is 82.2 cm³/mol. The molecule has 1 aliphatic heterocycles. The molecule has 0 N–H and O–H groups in total. The van der Waals surface area contributed by atoms with E-state index >= 15 is 0 Å². The topological polar surface area (TPSA) is 91.8 Å². The lowest BCUT2D eigenvalue weighted by Gasteiger charge is -2.17. The highest BCUT2D eigenvalue weighted by molar-refractivity contribution is 7.91. The molecular formula is C15H18N2O5S. The number of carbonyl (C=O) groups excluding carboxylic acids is 3. The van der Waals surface area contributed by atoms with Crippen molar-refractivity contribution in [2.75, 3.05) is 18.8 Å². The van der Waals surface area contributed by atoms with Gasteiger partial charge in [-0.3, -0.25) is 19.4 Å². The average molecular weight is 338 g/mol. The highest BCUT2D eigenvalue weighted by Gasteiger charge is 2.44. The molecule has 1 heterocycles. The van der Waals surface area contributed by atoms with Gasteiger partial charge < -0.3 is 0 Å². The highest BCUT2D eigenvalue weighted by Crippen LogP contribution is 2.16. The number of hydrogen-bond acceptors (Lipinski definition) is 5. The minimum Gasteiger partial charge on any atom is -0.263 e. The third-order valence-corrected chi connectivity index (χ3v) is 5.08. The second kappa shape index (κ2) is 6.49. The van der Waals surface area contributed by atoms with Crippen LogP contribution < -0.4 is 0 Å². The molecule has 0 aromatic heterocycles. The zero-order valence-electron chi connectivity index (χ0n) is 12.9. The number of imide groups is 2. The summed E-state index contributed by atoms with van der Waals surface area (Å²) in [4.78, 5) is 37.5. The molecule has 0 aliphatic carbocycles. The number of sulfone groups is 1. The summed E-state index contributed by atoms with van der Waals surface area (Å²) >= 11 is 0. The van der Waals surface area contributed by atoms with Gasteiger partial charge in [0.15, 0.2) is 9.84 Å². The van der Waals surface area contributed by atoms with E-state index in [0.29, 0.717) is 4.90 Å². The van der Waals surface area contributed by atoms with E-state index in [1.54, 1.807) is 18.2 Å². The molecular weight excluding hydrogens is 320 g/mol. The largest absolute Gasteiger partial charge is 0.334 e. The second-order valence-electron chi connectivity index (χ2n) is 5.68. The van der Waals surface area contributed by atoms with Gasteiger partial charge in [-0.2, -0.15) is 0 Å². The van der Waals surface area contributed by atoms with Gasteiger partial charge in [0.05, 0.1) is 10.6 Å². The van der Waals surface area contributed by atoms with E-state index < -0.39 is 33.4 Å². The van der Waals surface area contributed by atoms with Crippen molar-refractivity contribution in [3.63, 3.8) is 0 Å². The zero-order valence-corrected chi connectivity index (χ0v) is 13.7. The van der Waals surface area contributed by atoms with Crippen molar-refractivity contribution in [2.24, 2.45) is 5.92 Å². The van der Waals surface area contributed by atoms with Crippen molar-refractivity contribution in [1.82, 2.24) is 9.80 Å². The molecule has 1 saturated heterocycles. The summed E-state index contributed by atoms with van der Waals surface area (Å²) in [5.74, 6) is -2.28. The first kappa shape index (κ1) is 17.1. The minimum absolute atomic E-state index is 0.0173. The smallest absolute Gasteiger partial charge is 0.263 e. The maximum atomic E-state index is 12.2. The lowest BCUT2D eigenvalue weighted by Crippen LogP contribution is -2.37. The summed E-state index contributed by atoms with van der Waals surface area (Å²) in [6, 6.07) is 7.00.